The molecule has 0 aliphatic heterocycles. The number of hydrogen-bond acceptors (Lipinski definition) is 4. The molecule has 0 bridgehead atoms. The van der Waals surface area contributed by atoms with E-state index in [4.69, 9.17) is 5.73 Å². The van der Waals surface area contributed by atoms with Crippen LogP contribution in [0.5, 0.6) is 5.75 Å². The monoisotopic (exact) mass is 448 g/mol. The van der Waals surface area contributed by atoms with Crippen molar-refractivity contribution >= 4 is 39.8 Å². The van der Waals surface area contributed by atoms with Crippen molar-refractivity contribution in [3.05, 3.63) is 60.2 Å². The van der Waals surface area contributed by atoms with E-state index in [-0.39, 0.29) is 17.3 Å². The van der Waals surface area contributed by atoms with Crippen LogP contribution in [0.3, 0.4) is 0 Å². The van der Waals surface area contributed by atoms with Crippen LogP contribution in [0.15, 0.2) is 54.6 Å². The Morgan fingerprint density at radius 1 is 0.939 bits per heavy atom. The number of phenols is 1. The van der Waals surface area contributed by atoms with Gasteiger partial charge in [0.05, 0.1) is 16.9 Å². The number of rotatable bonds is 9. The Morgan fingerprint density at radius 2 is 1.55 bits per heavy atom. The van der Waals surface area contributed by atoms with Crippen molar-refractivity contribution in [3.63, 3.8) is 0 Å². The van der Waals surface area contributed by atoms with Crippen LogP contribution in [-0.2, 0) is 0 Å². The highest BCUT2D eigenvalue weighted by Gasteiger charge is 2.24. The Balaban J connectivity index is 2.18. The normalized spacial score (nSPS) is 10.8. The van der Waals surface area contributed by atoms with Crippen molar-refractivity contribution in [1.29, 1.82) is 0 Å². The van der Waals surface area contributed by atoms with E-state index in [1.165, 1.54) is 11.0 Å². The molecule has 0 heterocycles. The van der Waals surface area contributed by atoms with Gasteiger partial charge >= 0.3 is 6.03 Å². The molecule has 33 heavy (non-hydrogen) atoms. The molecule has 3 amide bonds. The summed E-state index contributed by atoms with van der Waals surface area (Å²) in [6.07, 6.45) is 1.80. The minimum atomic E-state index is -0.761. The zero-order valence-corrected chi connectivity index (χ0v) is 19.5. The van der Waals surface area contributed by atoms with Gasteiger partial charge in [-0.15, -0.1) is 0 Å². The first-order chi connectivity index (χ1) is 15.9. The third-order valence-corrected chi connectivity index (χ3v) is 5.75. The number of urea groups is 1. The SMILES string of the molecule is CCCCNC(=O)N(c1ccc(N(CC)CC)cc1)c1cc(C(N)=O)c(O)c2ccccc12. The van der Waals surface area contributed by atoms with E-state index in [2.05, 4.69) is 31.0 Å². The Hall–Kier alpha value is -3.74. The first-order valence-corrected chi connectivity index (χ1v) is 11.4. The Morgan fingerprint density at radius 3 is 2.12 bits per heavy atom. The number of amides is 3. The van der Waals surface area contributed by atoms with Crippen molar-refractivity contribution in [3.8, 4) is 5.75 Å². The molecule has 0 aliphatic rings. The number of hydrogen-bond donors (Lipinski definition) is 3. The average Bonchev–Trinajstić information content (AvgIpc) is 2.82. The molecular weight excluding hydrogens is 416 g/mol. The molecule has 0 fully saturated rings. The van der Waals surface area contributed by atoms with Gasteiger partial charge in [-0.1, -0.05) is 37.6 Å². The number of nitrogens with zero attached hydrogens (tertiary/aromatic N) is 2. The van der Waals surface area contributed by atoms with E-state index in [1.807, 2.05) is 36.4 Å². The third-order valence-electron chi connectivity index (χ3n) is 5.75. The lowest BCUT2D eigenvalue weighted by Gasteiger charge is -2.27. The molecule has 0 aromatic heterocycles. The summed E-state index contributed by atoms with van der Waals surface area (Å²) in [5.74, 6) is -0.951. The molecule has 3 aromatic rings. The minimum Gasteiger partial charge on any atom is -0.506 e. The number of carbonyl (C=O) groups excluding carboxylic acids is 2. The standard InChI is InChI=1S/C26H32N4O3/c1-4-7-16-28-26(33)30(19-14-12-18(13-15-19)29(5-2)6-3)23-17-22(25(27)32)24(31)21-11-9-8-10-20(21)23/h8-15,17,31H,4-7,16H2,1-3H3,(H2,27,32)(H,28,33). The molecule has 0 aliphatic carbocycles. The first-order valence-electron chi connectivity index (χ1n) is 11.4. The number of nitrogens with one attached hydrogen (secondary N) is 1. The quantitative estimate of drug-likeness (QED) is 0.395. The van der Waals surface area contributed by atoms with Gasteiger partial charge in [0.15, 0.2) is 0 Å². The maximum absolute atomic E-state index is 13.4. The number of nitrogens with two attached hydrogens (primary N) is 1. The summed E-state index contributed by atoms with van der Waals surface area (Å²) in [5, 5.41) is 14.7. The van der Waals surface area contributed by atoms with Gasteiger partial charge in [0.2, 0.25) is 0 Å². The smallest absolute Gasteiger partial charge is 0.326 e. The van der Waals surface area contributed by atoms with E-state index < -0.39 is 5.91 Å². The molecular formula is C26H32N4O3. The molecule has 0 saturated heterocycles. The van der Waals surface area contributed by atoms with Gasteiger partial charge in [-0.2, -0.15) is 0 Å². The summed E-state index contributed by atoms with van der Waals surface area (Å²) in [7, 11) is 0. The van der Waals surface area contributed by atoms with Gasteiger partial charge in [0, 0.05) is 36.1 Å². The van der Waals surface area contributed by atoms with E-state index >= 15 is 0 Å². The van der Waals surface area contributed by atoms with Crippen molar-refractivity contribution in [2.75, 3.05) is 29.4 Å². The van der Waals surface area contributed by atoms with Crippen LogP contribution in [0.25, 0.3) is 10.8 Å². The number of anilines is 3. The molecule has 7 heteroatoms. The lowest BCUT2D eigenvalue weighted by Crippen LogP contribution is -2.37. The zero-order valence-electron chi connectivity index (χ0n) is 19.5. The molecule has 7 nitrogen and oxygen atoms in total. The maximum Gasteiger partial charge on any atom is 0.326 e. The predicted molar refractivity (Wildman–Crippen MR) is 135 cm³/mol. The highest BCUT2D eigenvalue weighted by atomic mass is 16.3. The van der Waals surface area contributed by atoms with Crippen molar-refractivity contribution < 1.29 is 14.7 Å². The summed E-state index contributed by atoms with van der Waals surface area (Å²) in [6, 6.07) is 16.0. The number of carbonyl (C=O) groups is 2. The first kappa shape index (κ1) is 23.9. The lowest BCUT2D eigenvalue weighted by molar-refractivity contribution is 0.0998. The number of benzene rings is 3. The summed E-state index contributed by atoms with van der Waals surface area (Å²) in [5.41, 5.74) is 7.69. The van der Waals surface area contributed by atoms with Crippen LogP contribution in [0.2, 0.25) is 0 Å². The second-order valence-corrected chi connectivity index (χ2v) is 7.81. The third kappa shape index (κ3) is 5.03. The Labute approximate surface area is 194 Å². The largest absolute Gasteiger partial charge is 0.506 e. The molecule has 0 spiro atoms. The Bertz CT molecular complexity index is 1120. The van der Waals surface area contributed by atoms with Gasteiger partial charge in [0.25, 0.3) is 5.91 Å². The van der Waals surface area contributed by atoms with Gasteiger partial charge in [-0.05, 0) is 50.6 Å². The molecule has 4 N–H and O–H groups in total. The van der Waals surface area contributed by atoms with Gasteiger partial charge in [-0.25, -0.2) is 4.79 Å². The van der Waals surface area contributed by atoms with E-state index in [9.17, 15) is 14.7 Å². The van der Waals surface area contributed by atoms with E-state index in [0.29, 0.717) is 28.7 Å². The van der Waals surface area contributed by atoms with Gasteiger partial charge in [-0.3, -0.25) is 9.69 Å². The second-order valence-electron chi connectivity index (χ2n) is 7.81. The second kappa shape index (κ2) is 10.7. The lowest BCUT2D eigenvalue weighted by atomic mass is 10.0. The fraction of sp³-hybridized carbons (Fsp3) is 0.308. The predicted octanol–water partition coefficient (Wildman–Crippen LogP) is 5.14. The van der Waals surface area contributed by atoms with Crippen LogP contribution in [-0.4, -0.2) is 36.7 Å². The van der Waals surface area contributed by atoms with Crippen molar-refractivity contribution in [2.24, 2.45) is 5.73 Å². The Kier molecular flexibility index (Phi) is 7.77. The van der Waals surface area contributed by atoms with Crippen LogP contribution < -0.4 is 20.9 Å². The molecule has 0 saturated carbocycles. The summed E-state index contributed by atoms with van der Waals surface area (Å²) in [4.78, 5) is 29.2. The number of aromatic hydroxyl groups is 1. The number of fused-ring (bicyclic) bond motifs is 1. The molecule has 0 unspecified atom stereocenters. The topological polar surface area (TPSA) is 98.9 Å². The summed E-state index contributed by atoms with van der Waals surface area (Å²) < 4.78 is 0. The van der Waals surface area contributed by atoms with Crippen LogP contribution in [0, 0.1) is 0 Å². The van der Waals surface area contributed by atoms with Crippen LogP contribution >= 0.6 is 0 Å². The zero-order chi connectivity index (χ0) is 24.0. The molecule has 3 aromatic carbocycles. The van der Waals surface area contributed by atoms with Gasteiger partial charge in [0.1, 0.15) is 5.75 Å². The molecule has 0 radical (unpaired) electrons. The summed E-state index contributed by atoms with van der Waals surface area (Å²) in [6.45, 7) is 8.53. The molecule has 0 atom stereocenters. The van der Waals surface area contributed by atoms with Crippen LogP contribution in [0.1, 0.15) is 44.0 Å². The minimum absolute atomic E-state index is 0.0326. The maximum atomic E-state index is 13.4. The highest BCUT2D eigenvalue weighted by Crippen LogP contribution is 2.39. The molecule has 174 valence electrons. The van der Waals surface area contributed by atoms with E-state index in [1.54, 1.807) is 12.1 Å². The average molecular weight is 449 g/mol. The number of unbranched alkanes of at least 4 members (excludes halogenated alkanes) is 1. The van der Waals surface area contributed by atoms with Crippen molar-refractivity contribution in [1.82, 2.24) is 5.32 Å². The number of primary amides is 1. The van der Waals surface area contributed by atoms with E-state index in [0.717, 1.165) is 31.6 Å². The highest BCUT2D eigenvalue weighted by molar-refractivity contribution is 6.13. The van der Waals surface area contributed by atoms with Crippen molar-refractivity contribution in [2.45, 2.75) is 33.6 Å². The summed E-state index contributed by atoms with van der Waals surface area (Å²) >= 11 is 0. The van der Waals surface area contributed by atoms with Gasteiger partial charge < -0.3 is 21.1 Å². The fourth-order valence-corrected chi connectivity index (χ4v) is 3.93. The van der Waals surface area contributed by atoms with Crippen LogP contribution in [0.4, 0.5) is 21.9 Å². The molecule has 3 rings (SSSR count). The fourth-order valence-electron chi connectivity index (χ4n) is 3.93.